The lowest BCUT2D eigenvalue weighted by Crippen LogP contribution is -2.44. The molecule has 3 heterocycles. The third kappa shape index (κ3) is 2.31. The molecule has 4 unspecified atom stereocenters. The van der Waals surface area contributed by atoms with Crippen molar-refractivity contribution in [3.05, 3.63) is 29.6 Å². The second kappa shape index (κ2) is 5.36. The average molecular weight is 286 g/mol. The van der Waals surface area contributed by atoms with Crippen molar-refractivity contribution in [2.24, 2.45) is 5.92 Å². The fourth-order valence-corrected chi connectivity index (χ4v) is 5.04. The Balaban J connectivity index is 1.55. The van der Waals surface area contributed by atoms with Crippen LogP contribution < -0.4 is 0 Å². The SMILES string of the molecule is CN1C2CCC1CC(C(O)C1CCCc3cccnc31)C2. The molecule has 3 heteroatoms. The van der Waals surface area contributed by atoms with Crippen molar-refractivity contribution in [2.75, 3.05) is 7.05 Å². The minimum Gasteiger partial charge on any atom is -0.392 e. The third-order valence-electron chi connectivity index (χ3n) is 6.27. The first kappa shape index (κ1) is 13.7. The van der Waals surface area contributed by atoms with E-state index in [1.54, 1.807) is 0 Å². The van der Waals surface area contributed by atoms with E-state index in [0.717, 1.165) is 12.8 Å². The van der Waals surface area contributed by atoms with Crippen molar-refractivity contribution < 1.29 is 5.11 Å². The van der Waals surface area contributed by atoms with Gasteiger partial charge in [0.1, 0.15) is 0 Å². The van der Waals surface area contributed by atoms with Crippen LogP contribution >= 0.6 is 0 Å². The minimum atomic E-state index is -0.198. The number of aromatic nitrogens is 1. The van der Waals surface area contributed by atoms with E-state index in [4.69, 9.17) is 0 Å². The van der Waals surface area contributed by atoms with E-state index in [1.165, 1.54) is 43.4 Å². The van der Waals surface area contributed by atoms with E-state index in [9.17, 15) is 5.11 Å². The topological polar surface area (TPSA) is 36.4 Å². The molecule has 0 aromatic carbocycles. The number of rotatable bonds is 2. The van der Waals surface area contributed by atoms with Crippen LogP contribution in [0.2, 0.25) is 0 Å². The first-order valence-electron chi connectivity index (χ1n) is 8.58. The van der Waals surface area contributed by atoms with Gasteiger partial charge in [-0.25, -0.2) is 0 Å². The highest BCUT2D eigenvalue weighted by molar-refractivity contribution is 5.27. The summed E-state index contributed by atoms with van der Waals surface area (Å²) in [6.45, 7) is 0. The van der Waals surface area contributed by atoms with Crippen molar-refractivity contribution in [3.63, 3.8) is 0 Å². The number of hydrogen-bond acceptors (Lipinski definition) is 3. The van der Waals surface area contributed by atoms with E-state index >= 15 is 0 Å². The van der Waals surface area contributed by atoms with Gasteiger partial charge in [0.2, 0.25) is 0 Å². The van der Waals surface area contributed by atoms with Gasteiger partial charge >= 0.3 is 0 Å². The van der Waals surface area contributed by atoms with Crippen LogP contribution in [0.5, 0.6) is 0 Å². The fraction of sp³-hybridized carbons (Fsp3) is 0.722. The summed E-state index contributed by atoms with van der Waals surface area (Å²) in [7, 11) is 2.27. The number of pyridine rings is 1. The maximum absolute atomic E-state index is 11.0. The summed E-state index contributed by atoms with van der Waals surface area (Å²) in [5.41, 5.74) is 2.55. The lowest BCUT2D eigenvalue weighted by atomic mass is 9.75. The minimum absolute atomic E-state index is 0.198. The first-order chi connectivity index (χ1) is 10.2. The van der Waals surface area contributed by atoms with Crippen molar-refractivity contribution in [2.45, 2.75) is 69.1 Å². The Morgan fingerprint density at radius 1 is 1.24 bits per heavy atom. The number of aliphatic hydroxyl groups excluding tert-OH is 1. The smallest absolute Gasteiger partial charge is 0.0653 e. The monoisotopic (exact) mass is 286 g/mol. The molecule has 2 fully saturated rings. The second-order valence-corrected chi connectivity index (χ2v) is 7.32. The lowest BCUT2D eigenvalue weighted by Gasteiger charge is -2.41. The number of piperidine rings is 1. The molecular formula is C18H26N2O. The van der Waals surface area contributed by atoms with E-state index in [-0.39, 0.29) is 12.0 Å². The normalized spacial score (nSPS) is 37.2. The molecule has 114 valence electrons. The average Bonchev–Trinajstić information content (AvgIpc) is 2.75. The molecule has 0 saturated carbocycles. The van der Waals surface area contributed by atoms with Crippen LogP contribution in [0.1, 0.15) is 55.7 Å². The molecule has 4 rings (SSSR count). The van der Waals surface area contributed by atoms with E-state index in [2.05, 4.69) is 23.0 Å². The molecule has 0 amide bonds. The fourth-order valence-electron chi connectivity index (χ4n) is 5.04. The van der Waals surface area contributed by atoms with Crippen LogP contribution in [0.25, 0.3) is 0 Å². The van der Waals surface area contributed by atoms with E-state index in [1.807, 2.05) is 12.3 Å². The zero-order chi connectivity index (χ0) is 14.4. The maximum Gasteiger partial charge on any atom is 0.0653 e. The molecule has 4 atom stereocenters. The quantitative estimate of drug-likeness (QED) is 0.908. The Hall–Kier alpha value is -0.930. The Morgan fingerprint density at radius 2 is 2.00 bits per heavy atom. The predicted molar refractivity (Wildman–Crippen MR) is 83.2 cm³/mol. The first-order valence-corrected chi connectivity index (χ1v) is 8.58. The van der Waals surface area contributed by atoms with Gasteiger partial charge < -0.3 is 10.0 Å². The molecule has 21 heavy (non-hydrogen) atoms. The highest BCUT2D eigenvalue weighted by Gasteiger charge is 2.43. The number of aryl methyl sites for hydroxylation is 1. The Bertz CT molecular complexity index is 504. The Kier molecular flexibility index (Phi) is 3.50. The molecule has 1 aromatic rings. The van der Waals surface area contributed by atoms with Crippen LogP contribution in [0.4, 0.5) is 0 Å². The molecule has 3 nitrogen and oxygen atoms in total. The molecule has 3 aliphatic rings. The largest absolute Gasteiger partial charge is 0.392 e. The van der Waals surface area contributed by atoms with Crippen molar-refractivity contribution >= 4 is 0 Å². The van der Waals surface area contributed by atoms with Gasteiger partial charge in [0.15, 0.2) is 0 Å². The van der Waals surface area contributed by atoms with Gasteiger partial charge in [-0.05, 0) is 69.5 Å². The standard InChI is InChI=1S/C18H26N2O/c1-20-14-7-8-15(20)11-13(10-14)18(21)16-6-2-4-12-5-3-9-19-17(12)16/h3,5,9,13-16,18,21H,2,4,6-8,10-11H2,1H3. The highest BCUT2D eigenvalue weighted by atomic mass is 16.3. The van der Waals surface area contributed by atoms with Gasteiger partial charge in [-0.2, -0.15) is 0 Å². The predicted octanol–water partition coefficient (Wildman–Crippen LogP) is 2.74. The van der Waals surface area contributed by atoms with Crippen LogP contribution in [0.15, 0.2) is 18.3 Å². The Labute approximate surface area is 127 Å². The van der Waals surface area contributed by atoms with Gasteiger partial charge in [0.25, 0.3) is 0 Å². The molecule has 2 saturated heterocycles. The number of fused-ring (bicyclic) bond motifs is 3. The summed E-state index contributed by atoms with van der Waals surface area (Å²) in [5.74, 6) is 0.736. The van der Waals surface area contributed by atoms with Gasteiger partial charge in [0.05, 0.1) is 6.10 Å². The van der Waals surface area contributed by atoms with Crippen LogP contribution in [0, 0.1) is 5.92 Å². The molecule has 1 aliphatic carbocycles. The number of nitrogens with zero attached hydrogens (tertiary/aromatic N) is 2. The summed E-state index contributed by atoms with van der Waals surface area (Å²) in [6, 6.07) is 5.63. The number of hydrogen-bond donors (Lipinski definition) is 1. The Morgan fingerprint density at radius 3 is 2.76 bits per heavy atom. The van der Waals surface area contributed by atoms with Gasteiger partial charge in [0, 0.05) is 29.9 Å². The van der Waals surface area contributed by atoms with E-state index < -0.39 is 0 Å². The van der Waals surface area contributed by atoms with Crippen LogP contribution in [0.3, 0.4) is 0 Å². The lowest BCUT2D eigenvalue weighted by molar-refractivity contribution is 0.0163. The summed E-state index contributed by atoms with van der Waals surface area (Å²) < 4.78 is 0. The van der Waals surface area contributed by atoms with Gasteiger partial charge in [-0.3, -0.25) is 4.98 Å². The summed E-state index contributed by atoms with van der Waals surface area (Å²) in [4.78, 5) is 7.17. The molecular weight excluding hydrogens is 260 g/mol. The molecule has 1 aromatic heterocycles. The molecule has 0 spiro atoms. The molecule has 1 N–H and O–H groups in total. The summed E-state index contributed by atoms with van der Waals surface area (Å²) in [5, 5.41) is 11.0. The summed E-state index contributed by atoms with van der Waals surface area (Å²) in [6.07, 6.45) is 10.1. The maximum atomic E-state index is 11.0. The van der Waals surface area contributed by atoms with Crippen molar-refractivity contribution in [3.8, 4) is 0 Å². The van der Waals surface area contributed by atoms with Gasteiger partial charge in [-0.15, -0.1) is 0 Å². The second-order valence-electron chi connectivity index (χ2n) is 7.32. The highest BCUT2D eigenvalue weighted by Crippen LogP contribution is 2.43. The summed E-state index contributed by atoms with van der Waals surface area (Å²) >= 11 is 0. The molecule has 0 radical (unpaired) electrons. The molecule has 2 bridgehead atoms. The number of aliphatic hydroxyl groups is 1. The third-order valence-corrected chi connectivity index (χ3v) is 6.27. The van der Waals surface area contributed by atoms with Crippen molar-refractivity contribution in [1.29, 1.82) is 0 Å². The van der Waals surface area contributed by atoms with Gasteiger partial charge in [-0.1, -0.05) is 6.07 Å². The van der Waals surface area contributed by atoms with Crippen LogP contribution in [-0.2, 0) is 6.42 Å². The van der Waals surface area contributed by atoms with Crippen molar-refractivity contribution in [1.82, 2.24) is 9.88 Å². The zero-order valence-corrected chi connectivity index (χ0v) is 12.9. The molecule has 2 aliphatic heterocycles. The van der Waals surface area contributed by atoms with E-state index in [0.29, 0.717) is 18.0 Å². The van der Waals surface area contributed by atoms with Crippen LogP contribution in [-0.4, -0.2) is 40.2 Å². The zero-order valence-electron chi connectivity index (χ0n) is 12.9.